The van der Waals surface area contributed by atoms with Gasteiger partial charge < -0.3 is 10.1 Å². The van der Waals surface area contributed by atoms with Crippen molar-refractivity contribution in [1.29, 1.82) is 0 Å². The van der Waals surface area contributed by atoms with Crippen molar-refractivity contribution in [1.82, 2.24) is 0 Å². The van der Waals surface area contributed by atoms with Crippen LogP contribution in [0.25, 0.3) is 0 Å². The van der Waals surface area contributed by atoms with Gasteiger partial charge in [-0.3, -0.25) is 9.59 Å². The third-order valence-corrected chi connectivity index (χ3v) is 6.09. The van der Waals surface area contributed by atoms with Gasteiger partial charge in [0.05, 0.1) is 29.1 Å². The third kappa shape index (κ3) is 4.01. The van der Waals surface area contributed by atoms with E-state index in [4.69, 9.17) is 4.74 Å². The number of anilines is 2. The molecule has 28 heavy (non-hydrogen) atoms. The summed E-state index contributed by atoms with van der Waals surface area (Å²) in [7, 11) is -3.67. The summed E-state index contributed by atoms with van der Waals surface area (Å²) in [6, 6.07) is 13.0. The number of hydrogen-bond donors (Lipinski definition) is 1. The van der Waals surface area contributed by atoms with Crippen LogP contribution in [-0.4, -0.2) is 32.1 Å². The van der Waals surface area contributed by atoms with Crippen molar-refractivity contribution in [2.24, 2.45) is 5.92 Å². The number of amides is 2. The van der Waals surface area contributed by atoms with Crippen molar-refractivity contribution in [3.8, 4) is 5.75 Å². The molecular weight excluding hydrogens is 380 g/mol. The molecule has 2 aromatic rings. The van der Waals surface area contributed by atoms with Crippen LogP contribution in [0.4, 0.5) is 11.4 Å². The van der Waals surface area contributed by atoms with Gasteiger partial charge in [0.2, 0.25) is 15.9 Å². The standard InChI is InChI=1S/C20H22N2O5S/c1-13(2)27-18-7-5-4-6-17(18)21-19(23)15-8-10-16(11-9-15)22-20(24)14(3)12-28(22,25)26/h4-11,13-14H,12H2,1-3H3,(H,21,23)/t14-/m1/s1. The van der Waals surface area contributed by atoms with E-state index in [9.17, 15) is 18.0 Å². The van der Waals surface area contributed by atoms with Crippen LogP contribution >= 0.6 is 0 Å². The quantitative estimate of drug-likeness (QED) is 0.830. The molecule has 1 N–H and O–H groups in total. The summed E-state index contributed by atoms with van der Waals surface area (Å²) in [6.45, 7) is 5.37. The predicted octanol–water partition coefficient (Wildman–Crippen LogP) is 3.04. The predicted molar refractivity (Wildman–Crippen MR) is 107 cm³/mol. The molecule has 148 valence electrons. The third-order valence-electron chi connectivity index (χ3n) is 4.22. The van der Waals surface area contributed by atoms with Crippen LogP contribution in [0.5, 0.6) is 5.75 Å². The SMILES string of the molecule is CC(C)Oc1ccccc1NC(=O)c1ccc(N2C(=O)[C@H](C)CS2(=O)=O)cc1. The Bertz CT molecular complexity index is 1000. The van der Waals surface area contributed by atoms with Crippen molar-refractivity contribution in [3.63, 3.8) is 0 Å². The Kier molecular flexibility index (Phi) is 5.42. The van der Waals surface area contributed by atoms with E-state index in [-0.39, 0.29) is 23.5 Å². The van der Waals surface area contributed by atoms with E-state index in [1.54, 1.807) is 25.1 Å². The lowest BCUT2D eigenvalue weighted by atomic mass is 10.1. The van der Waals surface area contributed by atoms with Gasteiger partial charge in [-0.05, 0) is 50.2 Å². The topological polar surface area (TPSA) is 92.8 Å². The van der Waals surface area contributed by atoms with Crippen LogP contribution in [0.15, 0.2) is 48.5 Å². The summed E-state index contributed by atoms with van der Waals surface area (Å²) in [6.07, 6.45) is -0.0420. The van der Waals surface area contributed by atoms with Crippen molar-refractivity contribution in [2.45, 2.75) is 26.9 Å². The molecule has 0 radical (unpaired) electrons. The molecule has 7 nitrogen and oxygen atoms in total. The Morgan fingerprint density at radius 2 is 1.79 bits per heavy atom. The molecule has 0 unspecified atom stereocenters. The highest BCUT2D eigenvalue weighted by Gasteiger charge is 2.41. The van der Waals surface area contributed by atoms with Crippen LogP contribution in [0.2, 0.25) is 0 Å². The molecule has 0 aliphatic carbocycles. The van der Waals surface area contributed by atoms with Gasteiger partial charge in [-0.15, -0.1) is 0 Å². The molecule has 0 aromatic heterocycles. The lowest BCUT2D eigenvalue weighted by Crippen LogP contribution is -2.30. The fraction of sp³-hybridized carbons (Fsp3) is 0.300. The summed E-state index contributed by atoms with van der Waals surface area (Å²) in [5.74, 6) is -1.05. The van der Waals surface area contributed by atoms with Crippen LogP contribution in [-0.2, 0) is 14.8 Å². The second-order valence-corrected chi connectivity index (χ2v) is 8.81. The summed E-state index contributed by atoms with van der Waals surface area (Å²) in [4.78, 5) is 24.7. The normalized spacial score (nSPS) is 18.4. The maximum Gasteiger partial charge on any atom is 0.255 e. The lowest BCUT2D eigenvalue weighted by Gasteiger charge is -2.16. The highest BCUT2D eigenvalue weighted by molar-refractivity contribution is 7.94. The minimum absolute atomic E-state index is 0.0420. The number of ether oxygens (including phenoxy) is 1. The molecule has 8 heteroatoms. The zero-order chi connectivity index (χ0) is 20.5. The van der Waals surface area contributed by atoms with E-state index in [1.807, 2.05) is 19.9 Å². The molecule has 1 atom stereocenters. The second kappa shape index (κ2) is 7.63. The number of hydrogen-bond acceptors (Lipinski definition) is 5. The Balaban J connectivity index is 1.79. The maximum atomic E-state index is 12.6. The van der Waals surface area contributed by atoms with E-state index in [1.165, 1.54) is 24.3 Å². The summed E-state index contributed by atoms with van der Waals surface area (Å²) in [5.41, 5.74) is 1.10. The minimum atomic E-state index is -3.67. The van der Waals surface area contributed by atoms with Crippen molar-refractivity contribution in [2.75, 3.05) is 15.4 Å². The molecular formula is C20H22N2O5S. The van der Waals surface area contributed by atoms with Crippen LogP contribution in [0.1, 0.15) is 31.1 Å². The molecule has 1 heterocycles. The minimum Gasteiger partial charge on any atom is -0.489 e. The molecule has 0 bridgehead atoms. The Morgan fingerprint density at radius 1 is 1.14 bits per heavy atom. The van der Waals surface area contributed by atoms with Gasteiger partial charge in [0, 0.05) is 5.56 Å². The first kappa shape index (κ1) is 19.9. The van der Waals surface area contributed by atoms with E-state index in [0.717, 1.165) is 4.31 Å². The first-order chi connectivity index (χ1) is 13.2. The van der Waals surface area contributed by atoms with Gasteiger partial charge in [-0.1, -0.05) is 19.1 Å². The van der Waals surface area contributed by atoms with E-state index >= 15 is 0 Å². The number of para-hydroxylation sites is 2. The summed E-state index contributed by atoms with van der Waals surface area (Å²) < 4.78 is 30.9. The van der Waals surface area contributed by atoms with E-state index < -0.39 is 21.8 Å². The molecule has 3 rings (SSSR count). The molecule has 1 aliphatic heterocycles. The number of sulfonamides is 1. The number of carbonyl (C=O) groups excluding carboxylic acids is 2. The second-order valence-electron chi connectivity index (χ2n) is 6.95. The zero-order valence-electron chi connectivity index (χ0n) is 15.9. The Morgan fingerprint density at radius 3 is 2.36 bits per heavy atom. The molecule has 0 saturated carbocycles. The maximum absolute atomic E-state index is 12.6. The average molecular weight is 402 g/mol. The number of nitrogens with one attached hydrogen (secondary N) is 1. The lowest BCUT2D eigenvalue weighted by molar-refractivity contribution is -0.119. The van der Waals surface area contributed by atoms with Gasteiger partial charge >= 0.3 is 0 Å². The van der Waals surface area contributed by atoms with Gasteiger partial charge in [-0.2, -0.15) is 0 Å². The zero-order valence-corrected chi connectivity index (χ0v) is 16.7. The largest absolute Gasteiger partial charge is 0.489 e. The number of rotatable bonds is 5. The molecule has 2 amide bonds. The van der Waals surface area contributed by atoms with Gasteiger partial charge in [0.15, 0.2) is 0 Å². The Labute approximate surface area is 164 Å². The van der Waals surface area contributed by atoms with Gasteiger partial charge in [-0.25, -0.2) is 12.7 Å². The first-order valence-electron chi connectivity index (χ1n) is 8.93. The average Bonchev–Trinajstić information content (AvgIpc) is 2.83. The van der Waals surface area contributed by atoms with Crippen LogP contribution < -0.4 is 14.4 Å². The fourth-order valence-corrected chi connectivity index (χ4v) is 4.78. The van der Waals surface area contributed by atoms with Crippen molar-refractivity contribution >= 4 is 33.2 Å². The molecule has 1 saturated heterocycles. The van der Waals surface area contributed by atoms with Crippen LogP contribution in [0, 0.1) is 5.92 Å². The molecule has 1 aliphatic rings. The summed E-state index contributed by atoms with van der Waals surface area (Å²) >= 11 is 0. The molecule has 0 spiro atoms. The van der Waals surface area contributed by atoms with Crippen molar-refractivity contribution in [3.05, 3.63) is 54.1 Å². The number of benzene rings is 2. The number of nitrogens with zero attached hydrogens (tertiary/aromatic N) is 1. The fourth-order valence-electron chi connectivity index (χ4n) is 2.96. The number of carbonyl (C=O) groups is 2. The first-order valence-corrected chi connectivity index (χ1v) is 10.5. The van der Waals surface area contributed by atoms with Gasteiger partial charge in [0.25, 0.3) is 5.91 Å². The molecule has 1 fully saturated rings. The van der Waals surface area contributed by atoms with Crippen LogP contribution in [0.3, 0.4) is 0 Å². The Hall–Kier alpha value is -2.87. The van der Waals surface area contributed by atoms with Gasteiger partial charge in [0.1, 0.15) is 5.75 Å². The summed E-state index contributed by atoms with van der Waals surface area (Å²) in [5, 5.41) is 2.79. The smallest absolute Gasteiger partial charge is 0.255 e. The van der Waals surface area contributed by atoms with Crippen molar-refractivity contribution < 1.29 is 22.7 Å². The van der Waals surface area contributed by atoms with E-state index in [0.29, 0.717) is 17.0 Å². The monoisotopic (exact) mass is 402 g/mol. The molecule has 2 aromatic carbocycles. The highest BCUT2D eigenvalue weighted by atomic mass is 32.2. The van der Waals surface area contributed by atoms with E-state index in [2.05, 4.69) is 5.32 Å². The highest BCUT2D eigenvalue weighted by Crippen LogP contribution is 2.29.